The molecule has 0 aliphatic heterocycles. The highest BCUT2D eigenvalue weighted by atomic mass is 16.5. The molecule has 21 heavy (non-hydrogen) atoms. The van der Waals surface area contributed by atoms with Crippen molar-refractivity contribution in [3.8, 4) is 0 Å². The molecule has 1 saturated carbocycles. The Labute approximate surface area is 131 Å². The number of ether oxygens (including phenoxy) is 1. The Morgan fingerprint density at radius 2 is 1.76 bits per heavy atom. The molecule has 0 bridgehead atoms. The lowest BCUT2D eigenvalue weighted by atomic mass is 9.93. The zero-order valence-electron chi connectivity index (χ0n) is 14.4. The van der Waals surface area contributed by atoms with Crippen LogP contribution in [0.5, 0.6) is 0 Å². The maximum Gasteiger partial charge on any atom is 0.0897 e. The van der Waals surface area contributed by atoms with Crippen LogP contribution < -0.4 is 5.32 Å². The number of aliphatic hydroxyl groups is 1. The monoisotopic (exact) mass is 299 g/mol. The summed E-state index contributed by atoms with van der Waals surface area (Å²) in [6.07, 6.45) is 10.1. The SMILES string of the molecule is CC(C)CCCOCC(O)CN[C@H](C)C1CCCCCC1. The van der Waals surface area contributed by atoms with Gasteiger partial charge in [0, 0.05) is 19.2 Å². The topological polar surface area (TPSA) is 41.5 Å². The number of nitrogens with one attached hydrogen (secondary N) is 1. The molecule has 0 radical (unpaired) electrons. The first kappa shape index (κ1) is 18.9. The summed E-state index contributed by atoms with van der Waals surface area (Å²) in [5.41, 5.74) is 0. The van der Waals surface area contributed by atoms with Crippen LogP contribution in [0, 0.1) is 11.8 Å². The summed E-state index contributed by atoms with van der Waals surface area (Å²) in [4.78, 5) is 0. The minimum Gasteiger partial charge on any atom is -0.389 e. The fraction of sp³-hybridized carbons (Fsp3) is 1.00. The second-order valence-corrected chi connectivity index (χ2v) is 7.21. The molecule has 0 amide bonds. The van der Waals surface area contributed by atoms with Gasteiger partial charge < -0.3 is 15.2 Å². The molecule has 2 N–H and O–H groups in total. The van der Waals surface area contributed by atoms with E-state index in [1.165, 1.54) is 44.9 Å². The smallest absolute Gasteiger partial charge is 0.0897 e. The fourth-order valence-electron chi connectivity index (χ4n) is 3.17. The van der Waals surface area contributed by atoms with E-state index in [4.69, 9.17) is 4.74 Å². The predicted octanol–water partition coefficient (Wildman–Crippen LogP) is 3.75. The summed E-state index contributed by atoms with van der Waals surface area (Å²) in [7, 11) is 0. The molecular formula is C18H37NO2. The van der Waals surface area contributed by atoms with E-state index in [2.05, 4.69) is 26.1 Å². The largest absolute Gasteiger partial charge is 0.389 e. The van der Waals surface area contributed by atoms with Crippen molar-refractivity contribution in [2.75, 3.05) is 19.8 Å². The van der Waals surface area contributed by atoms with Crippen molar-refractivity contribution in [1.82, 2.24) is 5.32 Å². The number of hydrogen-bond acceptors (Lipinski definition) is 3. The second-order valence-electron chi connectivity index (χ2n) is 7.21. The van der Waals surface area contributed by atoms with Gasteiger partial charge in [-0.1, -0.05) is 39.5 Å². The normalized spacial score (nSPS) is 20.4. The molecule has 0 spiro atoms. The predicted molar refractivity (Wildman–Crippen MR) is 89.6 cm³/mol. The third-order valence-corrected chi connectivity index (χ3v) is 4.66. The van der Waals surface area contributed by atoms with Crippen molar-refractivity contribution in [2.24, 2.45) is 11.8 Å². The molecule has 1 aliphatic rings. The van der Waals surface area contributed by atoms with E-state index in [1.54, 1.807) is 0 Å². The van der Waals surface area contributed by atoms with E-state index in [9.17, 15) is 5.11 Å². The summed E-state index contributed by atoms with van der Waals surface area (Å²) < 4.78 is 5.55. The lowest BCUT2D eigenvalue weighted by molar-refractivity contribution is 0.0326. The summed E-state index contributed by atoms with van der Waals surface area (Å²) >= 11 is 0. The Morgan fingerprint density at radius 3 is 2.38 bits per heavy atom. The van der Waals surface area contributed by atoms with Crippen LogP contribution in [0.3, 0.4) is 0 Å². The standard InChI is InChI=1S/C18H37NO2/c1-15(2)9-8-12-21-14-18(20)13-19-16(3)17-10-6-4-5-7-11-17/h15-20H,4-14H2,1-3H3/t16-,18?/m1/s1. The van der Waals surface area contributed by atoms with Crippen molar-refractivity contribution in [1.29, 1.82) is 0 Å². The van der Waals surface area contributed by atoms with Crippen LogP contribution in [0.2, 0.25) is 0 Å². The van der Waals surface area contributed by atoms with E-state index < -0.39 is 0 Å². The Hall–Kier alpha value is -0.120. The quantitative estimate of drug-likeness (QED) is 0.477. The third-order valence-electron chi connectivity index (χ3n) is 4.66. The average Bonchev–Trinajstić information content (AvgIpc) is 2.73. The van der Waals surface area contributed by atoms with E-state index in [1.807, 2.05) is 0 Å². The maximum absolute atomic E-state index is 9.97. The molecule has 126 valence electrons. The minimum atomic E-state index is -0.378. The van der Waals surface area contributed by atoms with Crippen molar-refractivity contribution in [3.05, 3.63) is 0 Å². The molecule has 0 aromatic carbocycles. The molecule has 1 rings (SSSR count). The molecule has 0 saturated heterocycles. The molecule has 2 atom stereocenters. The zero-order valence-corrected chi connectivity index (χ0v) is 14.4. The van der Waals surface area contributed by atoms with Crippen LogP contribution >= 0.6 is 0 Å². The van der Waals surface area contributed by atoms with Crippen LogP contribution in [0.4, 0.5) is 0 Å². The summed E-state index contributed by atoms with van der Waals surface area (Å²) in [6.45, 7) is 8.62. The number of aliphatic hydroxyl groups excluding tert-OH is 1. The van der Waals surface area contributed by atoms with Crippen molar-refractivity contribution in [3.63, 3.8) is 0 Å². The second kappa shape index (κ2) is 11.4. The highest BCUT2D eigenvalue weighted by Crippen LogP contribution is 2.25. The summed E-state index contributed by atoms with van der Waals surface area (Å²) in [5.74, 6) is 1.52. The summed E-state index contributed by atoms with van der Waals surface area (Å²) in [6, 6.07) is 0.513. The van der Waals surface area contributed by atoms with Gasteiger partial charge in [0.25, 0.3) is 0 Å². The van der Waals surface area contributed by atoms with E-state index in [0.717, 1.165) is 24.9 Å². The van der Waals surface area contributed by atoms with Gasteiger partial charge in [-0.3, -0.25) is 0 Å². The lowest BCUT2D eigenvalue weighted by Gasteiger charge is -2.25. The number of hydrogen-bond donors (Lipinski definition) is 2. The molecule has 0 aromatic rings. The average molecular weight is 299 g/mol. The van der Waals surface area contributed by atoms with Crippen LogP contribution in [-0.4, -0.2) is 37.0 Å². The van der Waals surface area contributed by atoms with E-state index >= 15 is 0 Å². The highest BCUT2D eigenvalue weighted by Gasteiger charge is 2.19. The molecule has 0 heterocycles. The molecular weight excluding hydrogens is 262 g/mol. The van der Waals surface area contributed by atoms with Crippen LogP contribution in [0.1, 0.15) is 72.1 Å². The Bertz CT molecular complexity index is 237. The first-order valence-electron chi connectivity index (χ1n) is 9.08. The third kappa shape index (κ3) is 9.49. The highest BCUT2D eigenvalue weighted by molar-refractivity contribution is 4.76. The van der Waals surface area contributed by atoms with Crippen LogP contribution in [0.25, 0.3) is 0 Å². The molecule has 0 aromatic heterocycles. The Balaban J connectivity index is 2.04. The molecule has 3 nitrogen and oxygen atoms in total. The lowest BCUT2D eigenvalue weighted by Crippen LogP contribution is -2.39. The van der Waals surface area contributed by atoms with Crippen molar-refractivity contribution < 1.29 is 9.84 Å². The molecule has 3 heteroatoms. The summed E-state index contributed by atoms with van der Waals surface area (Å²) in [5, 5.41) is 13.5. The van der Waals surface area contributed by atoms with Crippen molar-refractivity contribution >= 4 is 0 Å². The molecule has 1 unspecified atom stereocenters. The first-order valence-corrected chi connectivity index (χ1v) is 9.08. The molecule has 1 fully saturated rings. The first-order chi connectivity index (χ1) is 10.1. The van der Waals surface area contributed by atoms with Gasteiger partial charge in [-0.25, -0.2) is 0 Å². The zero-order chi connectivity index (χ0) is 15.5. The number of rotatable bonds is 10. The van der Waals surface area contributed by atoms with Gasteiger partial charge in [0.1, 0.15) is 0 Å². The van der Waals surface area contributed by atoms with E-state index in [-0.39, 0.29) is 6.10 Å². The van der Waals surface area contributed by atoms with Gasteiger partial charge >= 0.3 is 0 Å². The van der Waals surface area contributed by atoms with Gasteiger partial charge in [0.05, 0.1) is 12.7 Å². The van der Waals surface area contributed by atoms with Crippen molar-refractivity contribution in [2.45, 2.75) is 84.3 Å². The Morgan fingerprint density at radius 1 is 1.10 bits per heavy atom. The van der Waals surface area contributed by atoms with Gasteiger partial charge in [-0.2, -0.15) is 0 Å². The minimum absolute atomic E-state index is 0.378. The molecule has 1 aliphatic carbocycles. The van der Waals surface area contributed by atoms with Gasteiger partial charge in [-0.05, 0) is 44.4 Å². The van der Waals surface area contributed by atoms with Gasteiger partial charge in [0.15, 0.2) is 0 Å². The maximum atomic E-state index is 9.97. The van der Waals surface area contributed by atoms with Crippen LogP contribution in [0.15, 0.2) is 0 Å². The van der Waals surface area contributed by atoms with Gasteiger partial charge in [-0.15, -0.1) is 0 Å². The van der Waals surface area contributed by atoms with Crippen LogP contribution in [-0.2, 0) is 4.74 Å². The fourth-order valence-corrected chi connectivity index (χ4v) is 3.17. The Kier molecular flexibility index (Phi) is 10.3. The van der Waals surface area contributed by atoms with E-state index in [0.29, 0.717) is 19.2 Å². The van der Waals surface area contributed by atoms with Gasteiger partial charge in [0.2, 0.25) is 0 Å².